The highest BCUT2D eigenvalue weighted by Crippen LogP contribution is 2.22. The molecule has 0 radical (unpaired) electrons. The minimum absolute atomic E-state index is 0.202. The lowest BCUT2D eigenvalue weighted by atomic mass is 10.1. The van der Waals surface area contributed by atoms with E-state index in [1.54, 1.807) is 17.0 Å². The third kappa shape index (κ3) is 4.38. The molecule has 0 saturated carbocycles. The molecule has 0 aromatic heterocycles. The van der Waals surface area contributed by atoms with Crippen LogP contribution in [0.3, 0.4) is 0 Å². The second kappa shape index (κ2) is 7.97. The summed E-state index contributed by atoms with van der Waals surface area (Å²) in [6, 6.07) is 15.0. The number of rotatable bonds is 3. The van der Waals surface area contributed by atoms with Gasteiger partial charge in [-0.3, -0.25) is 4.90 Å². The molecule has 0 bridgehead atoms. The molecule has 0 aliphatic carbocycles. The maximum Gasteiger partial charge on any atom is 0.322 e. The second-order valence-corrected chi connectivity index (χ2v) is 7.08. The van der Waals surface area contributed by atoms with Gasteiger partial charge < -0.3 is 10.2 Å². The Kier molecular flexibility index (Phi) is 5.71. The Labute approximate surface area is 155 Å². The molecule has 1 atom stereocenters. The van der Waals surface area contributed by atoms with Crippen LogP contribution in [-0.4, -0.2) is 42.0 Å². The smallest absolute Gasteiger partial charge is 0.322 e. The lowest BCUT2D eigenvalue weighted by molar-refractivity contribution is 0.119. The SMILES string of the molecule is CC(c1ccccc1)N1CCN(C(=O)Nc2ccc(Br)cc2F)CC1. The van der Waals surface area contributed by atoms with Gasteiger partial charge in [-0.2, -0.15) is 0 Å². The number of halogens is 2. The number of nitrogens with one attached hydrogen (secondary N) is 1. The first kappa shape index (κ1) is 17.9. The number of benzene rings is 2. The van der Waals surface area contributed by atoms with Crippen molar-refractivity contribution in [1.82, 2.24) is 9.80 Å². The molecule has 1 N–H and O–H groups in total. The summed E-state index contributed by atoms with van der Waals surface area (Å²) >= 11 is 3.21. The van der Waals surface area contributed by atoms with E-state index in [1.807, 2.05) is 18.2 Å². The van der Waals surface area contributed by atoms with E-state index >= 15 is 0 Å². The van der Waals surface area contributed by atoms with Crippen molar-refractivity contribution < 1.29 is 9.18 Å². The summed E-state index contributed by atoms with van der Waals surface area (Å²) in [5.74, 6) is -0.445. The molecule has 1 unspecified atom stereocenters. The average molecular weight is 406 g/mol. The monoisotopic (exact) mass is 405 g/mol. The van der Waals surface area contributed by atoms with Gasteiger partial charge in [0.15, 0.2) is 0 Å². The first-order valence-corrected chi connectivity index (χ1v) is 9.14. The number of urea groups is 1. The molecule has 1 heterocycles. The van der Waals surface area contributed by atoms with Gasteiger partial charge in [0.1, 0.15) is 5.82 Å². The fourth-order valence-electron chi connectivity index (χ4n) is 3.04. The van der Waals surface area contributed by atoms with Crippen molar-refractivity contribution in [2.24, 2.45) is 0 Å². The third-order valence-corrected chi connectivity index (χ3v) is 5.10. The summed E-state index contributed by atoms with van der Waals surface area (Å²) in [5, 5.41) is 2.66. The number of piperazine rings is 1. The van der Waals surface area contributed by atoms with E-state index in [-0.39, 0.29) is 11.7 Å². The lowest BCUT2D eigenvalue weighted by Crippen LogP contribution is -2.50. The number of amides is 2. The van der Waals surface area contributed by atoms with E-state index in [0.717, 1.165) is 13.1 Å². The first-order chi connectivity index (χ1) is 12.0. The molecule has 2 amide bonds. The number of hydrogen-bond acceptors (Lipinski definition) is 2. The van der Waals surface area contributed by atoms with Gasteiger partial charge in [0.2, 0.25) is 0 Å². The highest BCUT2D eigenvalue weighted by atomic mass is 79.9. The van der Waals surface area contributed by atoms with Gasteiger partial charge in [0.05, 0.1) is 5.69 Å². The molecule has 1 aliphatic rings. The quantitative estimate of drug-likeness (QED) is 0.815. The minimum atomic E-state index is -0.445. The van der Waals surface area contributed by atoms with Crippen molar-refractivity contribution in [3.63, 3.8) is 0 Å². The molecule has 1 saturated heterocycles. The van der Waals surface area contributed by atoms with Crippen molar-refractivity contribution in [1.29, 1.82) is 0 Å². The topological polar surface area (TPSA) is 35.6 Å². The van der Waals surface area contributed by atoms with E-state index in [2.05, 4.69) is 45.2 Å². The van der Waals surface area contributed by atoms with Crippen LogP contribution in [-0.2, 0) is 0 Å². The zero-order chi connectivity index (χ0) is 17.8. The lowest BCUT2D eigenvalue weighted by Gasteiger charge is -2.38. The van der Waals surface area contributed by atoms with Crippen molar-refractivity contribution in [3.05, 3.63) is 64.4 Å². The number of hydrogen-bond donors (Lipinski definition) is 1. The van der Waals surface area contributed by atoms with Crippen LogP contribution in [0.4, 0.5) is 14.9 Å². The highest BCUT2D eigenvalue weighted by molar-refractivity contribution is 9.10. The third-order valence-electron chi connectivity index (χ3n) is 4.60. The maximum absolute atomic E-state index is 13.9. The van der Waals surface area contributed by atoms with Gasteiger partial charge in [0, 0.05) is 36.7 Å². The molecule has 1 fully saturated rings. The van der Waals surface area contributed by atoms with Gasteiger partial charge >= 0.3 is 6.03 Å². The van der Waals surface area contributed by atoms with Gasteiger partial charge in [0.25, 0.3) is 0 Å². The predicted molar refractivity (Wildman–Crippen MR) is 101 cm³/mol. The number of anilines is 1. The van der Waals surface area contributed by atoms with E-state index in [9.17, 15) is 9.18 Å². The summed E-state index contributed by atoms with van der Waals surface area (Å²) in [6.45, 7) is 5.03. The van der Waals surface area contributed by atoms with E-state index in [1.165, 1.54) is 11.6 Å². The number of nitrogens with zero attached hydrogens (tertiary/aromatic N) is 2. The average Bonchev–Trinajstić information content (AvgIpc) is 2.64. The Hall–Kier alpha value is -1.92. The van der Waals surface area contributed by atoms with Crippen LogP contribution >= 0.6 is 15.9 Å². The molecule has 2 aromatic carbocycles. The molecule has 1 aliphatic heterocycles. The predicted octanol–water partition coefficient (Wildman–Crippen LogP) is 4.50. The van der Waals surface area contributed by atoms with Crippen LogP contribution < -0.4 is 5.32 Å². The molecular weight excluding hydrogens is 385 g/mol. The van der Waals surface area contributed by atoms with Crippen molar-refractivity contribution in [2.45, 2.75) is 13.0 Å². The maximum atomic E-state index is 13.9. The standard InChI is InChI=1S/C19H21BrFN3O/c1-14(15-5-3-2-4-6-15)23-9-11-24(12-10-23)19(25)22-18-8-7-16(20)13-17(18)21/h2-8,13-14H,9-12H2,1H3,(H,22,25). The Morgan fingerprint density at radius 2 is 1.80 bits per heavy atom. The number of carbonyl (C=O) groups is 1. The van der Waals surface area contributed by atoms with Crippen LogP contribution in [0.5, 0.6) is 0 Å². The molecule has 25 heavy (non-hydrogen) atoms. The summed E-state index contributed by atoms with van der Waals surface area (Å²) < 4.78 is 14.5. The van der Waals surface area contributed by atoms with Crippen LogP contribution in [0.25, 0.3) is 0 Å². The molecular formula is C19H21BrFN3O. The molecule has 132 valence electrons. The summed E-state index contributed by atoms with van der Waals surface area (Å²) in [4.78, 5) is 16.5. The van der Waals surface area contributed by atoms with Crippen LogP contribution in [0.15, 0.2) is 53.0 Å². The van der Waals surface area contributed by atoms with E-state index in [0.29, 0.717) is 23.6 Å². The molecule has 0 spiro atoms. The van der Waals surface area contributed by atoms with Gasteiger partial charge in [-0.25, -0.2) is 9.18 Å². The molecule has 2 aromatic rings. The van der Waals surface area contributed by atoms with Gasteiger partial charge in [-0.1, -0.05) is 46.3 Å². The fourth-order valence-corrected chi connectivity index (χ4v) is 3.37. The Balaban J connectivity index is 1.55. The second-order valence-electron chi connectivity index (χ2n) is 6.16. The molecule has 3 rings (SSSR count). The first-order valence-electron chi connectivity index (χ1n) is 8.34. The molecule has 4 nitrogen and oxygen atoms in total. The Morgan fingerprint density at radius 1 is 1.12 bits per heavy atom. The summed E-state index contributed by atoms with van der Waals surface area (Å²) in [5.41, 5.74) is 1.48. The van der Waals surface area contributed by atoms with Crippen molar-refractivity contribution >= 4 is 27.6 Å². The summed E-state index contributed by atoms with van der Waals surface area (Å²) in [7, 11) is 0. The zero-order valence-corrected chi connectivity index (χ0v) is 15.7. The van der Waals surface area contributed by atoms with E-state index in [4.69, 9.17) is 0 Å². The van der Waals surface area contributed by atoms with Crippen molar-refractivity contribution in [3.8, 4) is 0 Å². The largest absolute Gasteiger partial charge is 0.322 e. The van der Waals surface area contributed by atoms with Gasteiger partial charge in [-0.05, 0) is 30.7 Å². The van der Waals surface area contributed by atoms with Crippen LogP contribution in [0.1, 0.15) is 18.5 Å². The molecule has 6 heteroatoms. The van der Waals surface area contributed by atoms with Crippen molar-refractivity contribution in [2.75, 3.05) is 31.5 Å². The fraction of sp³-hybridized carbons (Fsp3) is 0.316. The van der Waals surface area contributed by atoms with E-state index < -0.39 is 5.82 Å². The Bertz CT molecular complexity index is 733. The minimum Gasteiger partial charge on any atom is -0.322 e. The zero-order valence-electron chi connectivity index (χ0n) is 14.1. The Morgan fingerprint density at radius 3 is 2.44 bits per heavy atom. The summed E-state index contributed by atoms with van der Waals surface area (Å²) in [6.07, 6.45) is 0. The number of carbonyl (C=O) groups excluding carboxylic acids is 1. The van der Waals surface area contributed by atoms with Crippen LogP contribution in [0, 0.1) is 5.82 Å². The van der Waals surface area contributed by atoms with Gasteiger partial charge in [-0.15, -0.1) is 0 Å². The normalized spacial score (nSPS) is 16.5. The van der Waals surface area contributed by atoms with Crippen LogP contribution in [0.2, 0.25) is 0 Å². The highest BCUT2D eigenvalue weighted by Gasteiger charge is 2.25.